The third-order valence-corrected chi connectivity index (χ3v) is 3.51. The molecule has 0 amide bonds. The van der Waals surface area contributed by atoms with Gasteiger partial charge in [0, 0.05) is 38.8 Å². The van der Waals surface area contributed by atoms with Crippen LogP contribution in [0.15, 0.2) is 0 Å². The highest BCUT2D eigenvalue weighted by atomic mass is 15.3. The first-order chi connectivity index (χ1) is 7.19. The molecule has 1 N–H and O–H groups in total. The zero-order valence-corrected chi connectivity index (χ0v) is 10.8. The Morgan fingerprint density at radius 3 is 2.13 bits per heavy atom. The van der Waals surface area contributed by atoms with Crippen LogP contribution in [0.2, 0.25) is 0 Å². The smallest absolute Gasteiger partial charge is 0.0244 e. The first kappa shape index (κ1) is 12.9. The quantitative estimate of drug-likeness (QED) is 0.731. The van der Waals surface area contributed by atoms with Gasteiger partial charge in [-0.15, -0.1) is 0 Å². The van der Waals surface area contributed by atoms with Gasteiger partial charge in [-0.05, 0) is 19.5 Å². The molecule has 1 aliphatic heterocycles. The number of piperazine rings is 1. The zero-order valence-electron chi connectivity index (χ0n) is 10.8. The molecule has 0 bridgehead atoms. The summed E-state index contributed by atoms with van der Waals surface area (Å²) >= 11 is 0. The lowest BCUT2D eigenvalue weighted by atomic mass is 10.0. The van der Waals surface area contributed by atoms with E-state index in [4.69, 9.17) is 0 Å². The second kappa shape index (κ2) is 6.46. The van der Waals surface area contributed by atoms with E-state index in [0.717, 1.165) is 12.5 Å². The molecule has 0 aromatic rings. The van der Waals surface area contributed by atoms with E-state index in [9.17, 15) is 0 Å². The molecule has 1 rings (SSSR count). The van der Waals surface area contributed by atoms with Gasteiger partial charge in [0.2, 0.25) is 0 Å². The van der Waals surface area contributed by atoms with Crippen LogP contribution in [0.3, 0.4) is 0 Å². The normalized spacial score (nSPS) is 22.2. The SMILES string of the molecule is CCN1CCN(C(CNC)C(C)C)CC1. The molecule has 1 aliphatic rings. The summed E-state index contributed by atoms with van der Waals surface area (Å²) in [5.74, 6) is 0.741. The lowest BCUT2D eigenvalue weighted by molar-refractivity contribution is 0.0793. The van der Waals surface area contributed by atoms with Gasteiger partial charge in [0.1, 0.15) is 0 Å². The molecule has 3 heteroatoms. The lowest BCUT2D eigenvalue weighted by Crippen LogP contribution is -2.54. The standard InChI is InChI=1S/C12H27N3/c1-5-14-6-8-15(9-7-14)12(10-13-4)11(2)3/h11-13H,5-10H2,1-4H3. The number of hydrogen-bond acceptors (Lipinski definition) is 3. The van der Waals surface area contributed by atoms with Gasteiger partial charge >= 0.3 is 0 Å². The fourth-order valence-electron chi connectivity index (χ4n) is 2.41. The molecule has 0 spiro atoms. The van der Waals surface area contributed by atoms with Gasteiger partial charge in [-0.1, -0.05) is 20.8 Å². The Morgan fingerprint density at radius 2 is 1.73 bits per heavy atom. The maximum Gasteiger partial charge on any atom is 0.0244 e. The van der Waals surface area contributed by atoms with Gasteiger partial charge in [-0.25, -0.2) is 0 Å². The van der Waals surface area contributed by atoms with Crippen molar-refractivity contribution in [3.05, 3.63) is 0 Å². The molecule has 1 unspecified atom stereocenters. The molecule has 15 heavy (non-hydrogen) atoms. The van der Waals surface area contributed by atoms with Crippen molar-refractivity contribution in [1.82, 2.24) is 15.1 Å². The molecule has 90 valence electrons. The third kappa shape index (κ3) is 3.74. The Kier molecular flexibility index (Phi) is 5.58. The molecular formula is C12H27N3. The Hall–Kier alpha value is -0.120. The minimum atomic E-state index is 0.703. The van der Waals surface area contributed by atoms with Crippen molar-refractivity contribution in [2.24, 2.45) is 5.92 Å². The predicted molar refractivity (Wildman–Crippen MR) is 66.2 cm³/mol. The van der Waals surface area contributed by atoms with E-state index in [2.05, 4.69) is 42.9 Å². The summed E-state index contributed by atoms with van der Waals surface area (Å²) in [6.07, 6.45) is 0. The van der Waals surface area contributed by atoms with Crippen molar-refractivity contribution >= 4 is 0 Å². The summed E-state index contributed by atoms with van der Waals surface area (Å²) < 4.78 is 0. The van der Waals surface area contributed by atoms with E-state index in [-0.39, 0.29) is 0 Å². The Morgan fingerprint density at radius 1 is 1.13 bits per heavy atom. The summed E-state index contributed by atoms with van der Waals surface area (Å²) in [4.78, 5) is 5.18. The van der Waals surface area contributed by atoms with Crippen LogP contribution in [-0.4, -0.2) is 62.2 Å². The Labute approximate surface area is 94.8 Å². The second-order valence-corrected chi connectivity index (χ2v) is 4.84. The van der Waals surface area contributed by atoms with Crippen LogP contribution in [0, 0.1) is 5.92 Å². The van der Waals surface area contributed by atoms with Crippen LogP contribution in [-0.2, 0) is 0 Å². The van der Waals surface area contributed by atoms with E-state index in [1.807, 2.05) is 0 Å². The van der Waals surface area contributed by atoms with Gasteiger partial charge < -0.3 is 10.2 Å². The first-order valence-electron chi connectivity index (χ1n) is 6.30. The van der Waals surface area contributed by atoms with Crippen molar-refractivity contribution in [1.29, 1.82) is 0 Å². The van der Waals surface area contributed by atoms with E-state index in [0.29, 0.717) is 6.04 Å². The monoisotopic (exact) mass is 213 g/mol. The van der Waals surface area contributed by atoms with Crippen LogP contribution in [0.1, 0.15) is 20.8 Å². The van der Waals surface area contributed by atoms with E-state index in [1.54, 1.807) is 0 Å². The largest absolute Gasteiger partial charge is 0.318 e. The molecule has 3 nitrogen and oxygen atoms in total. The van der Waals surface area contributed by atoms with Crippen molar-refractivity contribution in [3.63, 3.8) is 0 Å². The molecule has 1 atom stereocenters. The van der Waals surface area contributed by atoms with Crippen LogP contribution < -0.4 is 5.32 Å². The molecule has 1 heterocycles. The summed E-state index contributed by atoms with van der Waals surface area (Å²) in [5.41, 5.74) is 0. The molecule has 1 fully saturated rings. The van der Waals surface area contributed by atoms with Crippen LogP contribution >= 0.6 is 0 Å². The minimum Gasteiger partial charge on any atom is -0.318 e. The molecule has 0 aliphatic carbocycles. The summed E-state index contributed by atoms with van der Waals surface area (Å²) in [6, 6.07) is 0.703. The van der Waals surface area contributed by atoms with Gasteiger partial charge in [0.15, 0.2) is 0 Å². The minimum absolute atomic E-state index is 0.703. The number of nitrogens with zero attached hydrogens (tertiary/aromatic N) is 2. The first-order valence-corrected chi connectivity index (χ1v) is 6.30. The second-order valence-electron chi connectivity index (χ2n) is 4.84. The fourth-order valence-corrected chi connectivity index (χ4v) is 2.41. The molecule has 0 aromatic heterocycles. The highest BCUT2D eigenvalue weighted by Crippen LogP contribution is 2.13. The third-order valence-electron chi connectivity index (χ3n) is 3.51. The van der Waals surface area contributed by atoms with Crippen molar-refractivity contribution in [2.45, 2.75) is 26.8 Å². The number of nitrogens with one attached hydrogen (secondary N) is 1. The zero-order chi connectivity index (χ0) is 11.3. The van der Waals surface area contributed by atoms with Gasteiger partial charge in [-0.2, -0.15) is 0 Å². The highest BCUT2D eigenvalue weighted by Gasteiger charge is 2.24. The summed E-state index contributed by atoms with van der Waals surface area (Å²) in [6.45, 7) is 14.2. The topological polar surface area (TPSA) is 18.5 Å². The highest BCUT2D eigenvalue weighted by molar-refractivity contribution is 4.81. The van der Waals surface area contributed by atoms with E-state index in [1.165, 1.54) is 32.7 Å². The molecular weight excluding hydrogens is 186 g/mol. The Bertz CT molecular complexity index is 162. The average Bonchev–Trinajstić information content (AvgIpc) is 2.26. The van der Waals surface area contributed by atoms with Crippen LogP contribution in [0.4, 0.5) is 0 Å². The summed E-state index contributed by atoms with van der Waals surface area (Å²) in [5, 5.41) is 3.32. The maximum atomic E-state index is 3.32. The molecule has 0 saturated carbocycles. The number of rotatable bonds is 5. The van der Waals surface area contributed by atoms with E-state index < -0.39 is 0 Å². The van der Waals surface area contributed by atoms with Crippen molar-refractivity contribution in [2.75, 3.05) is 46.3 Å². The van der Waals surface area contributed by atoms with Gasteiger partial charge in [-0.3, -0.25) is 4.90 Å². The van der Waals surface area contributed by atoms with Crippen LogP contribution in [0.25, 0.3) is 0 Å². The Balaban J connectivity index is 2.41. The van der Waals surface area contributed by atoms with Crippen molar-refractivity contribution in [3.8, 4) is 0 Å². The average molecular weight is 213 g/mol. The van der Waals surface area contributed by atoms with Gasteiger partial charge in [0.05, 0.1) is 0 Å². The maximum absolute atomic E-state index is 3.32. The lowest BCUT2D eigenvalue weighted by Gasteiger charge is -2.40. The number of likely N-dealkylation sites (N-methyl/N-ethyl adjacent to an activating group) is 2. The van der Waals surface area contributed by atoms with E-state index >= 15 is 0 Å². The molecule has 1 saturated heterocycles. The van der Waals surface area contributed by atoms with Crippen molar-refractivity contribution < 1.29 is 0 Å². The number of hydrogen-bond donors (Lipinski definition) is 1. The fraction of sp³-hybridized carbons (Fsp3) is 1.00. The predicted octanol–water partition coefficient (Wildman–Crippen LogP) is 0.868. The molecule has 0 aromatic carbocycles. The molecule has 0 radical (unpaired) electrons. The summed E-state index contributed by atoms with van der Waals surface area (Å²) in [7, 11) is 2.05. The van der Waals surface area contributed by atoms with Crippen LogP contribution in [0.5, 0.6) is 0 Å². The van der Waals surface area contributed by atoms with Gasteiger partial charge in [0.25, 0.3) is 0 Å².